The first-order valence-corrected chi connectivity index (χ1v) is 7.24. The summed E-state index contributed by atoms with van der Waals surface area (Å²) in [6.07, 6.45) is 5.54. The molecule has 0 saturated heterocycles. The van der Waals surface area contributed by atoms with Crippen LogP contribution in [0.15, 0.2) is 35.6 Å². The molecule has 2 aromatic rings. The molecule has 0 atom stereocenters. The highest BCUT2D eigenvalue weighted by Crippen LogP contribution is 2.31. The Hall–Kier alpha value is -2.53. The second kappa shape index (κ2) is 6.07. The largest absolute Gasteiger partial charge is 0.330 e. The van der Waals surface area contributed by atoms with Crippen molar-refractivity contribution in [3.8, 4) is 0 Å². The molecule has 1 heterocycles. The third-order valence-corrected chi connectivity index (χ3v) is 3.96. The minimum Gasteiger partial charge on any atom is -0.330 e. The quantitative estimate of drug-likeness (QED) is 0.879. The first kappa shape index (κ1) is 14.4. The van der Waals surface area contributed by atoms with Gasteiger partial charge in [-0.05, 0) is 65.1 Å². The molecule has 2 aromatic carbocycles. The summed E-state index contributed by atoms with van der Waals surface area (Å²) in [7, 11) is 0. The summed E-state index contributed by atoms with van der Waals surface area (Å²) < 4.78 is 0. The lowest BCUT2D eigenvalue weighted by molar-refractivity contribution is 0.100. The Kier molecular flexibility index (Phi) is 3.98. The van der Waals surface area contributed by atoms with E-state index in [1.54, 1.807) is 18.3 Å². The molecular weight excluding hydrogens is 278 g/mol. The average Bonchev–Trinajstić information content (AvgIpc) is 2.58. The summed E-state index contributed by atoms with van der Waals surface area (Å²) in [5.41, 5.74) is 9.32. The summed E-state index contributed by atoms with van der Waals surface area (Å²) in [5, 5.41) is 8.84. The van der Waals surface area contributed by atoms with Crippen molar-refractivity contribution < 1.29 is 4.79 Å². The highest BCUT2D eigenvalue weighted by atomic mass is 16.3. The minimum absolute atomic E-state index is 0.315. The number of amides is 1. The second-order valence-electron chi connectivity index (χ2n) is 5.31. The van der Waals surface area contributed by atoms with Crippen LogP contribution in [-0.2, 0) is 13.0 Å². The molecule has 1 aliphatic heterocycles. The van der Waals surface area contributed by atoms with E-state index in [1.807, 2.05) is 12.1 Å². The van der Waals surface area contributed by atoms with Crippen LogP contribution in [0.1, 0.15) is 33.5 Å². The lowest BCUT2D eigenvalue weighted by atomic mass is 9.90. The Bertz CT molecular complexity index is 781. The summed E-state index contributed by atoms with van der Waals surface area (Å²) >= 11 is 0. The van der Waals surface area contributed by atoms with Crippen LogP contribution in [0.2, 0.25) is 0 Å². The van der Waals surface area contributed by atoms with Gasteiger partial charge in [-0.25, -0.2) is 0 Å². The zero-order valence-corrected chi connectivity index (χ0v) is 12.1. The molecule has 3 rings (SSSR count). The smallest absolute Gasteiger partial charge is 0.316 e. The summed E-state index contributed by atoms with van der Waals surface area (Å²) in [5.74, 6) is -0.744. The van der Waals surface area contributed by atoms with E-state index in [9.17, 15) is 9.70 Å². The number of rotatable bonds is 4. The molecule has 22 heavy (non-hydrogen) atoms. The van der Waals surface area contributed by atoms with Crippen LogP contribution in [0.25, 0.3) is 16.8 Å². The number of hydrogen-bond acceptors (Lipinski definition) is 3. The van der Waals surface area contributed by atoms with Crippen LogP contribution in [0.3, 0.4) is 0 Å². The van der Waals surface area contributed by atoms with Crippen LogP contribution < -0.4 is 11.1 Å². The van der Waals surface area contributed by atoms with E-state index in [0.29, 0.717) is 18.7 Å². The summed E-state index contributed by atoms with van der Waals surface area (Å²) in [6, 6.07) is 7.45. The molecule has 0 spiro atoms. The monoisotopic (exact) mass is 294 g/mol. The number of benzene rings is 2. The molecule has 5 heteroatoms. The molecule has 5 nitrogen and oxygen atoms in total. The molecule has 111 valence electrons. The molecule has 1 amide bonds. The number of carbonyl (C=O) groups is 1. The first-order chi connectivity index (χ1) is 10.7. The number of hydrogen-bond donors (Lipinski definition) is 1. The van der Waals surface area contributed by atoms with Gasteiger partial charge in [0.15, 0.2) is 0 Å². The molecule has 0 saturated carbocycles. The van der Waals surface area contributed by atoms with E-state index in [-0.39, 0.29) is 0 Å². The Morgan fingerprint density at radius 1 is 1.27 bits per heavy atom. The van der Waals surface area contributed by atoms with E-state index in [0.717, 1.165) is 34.7 Å². The van der Waals surface area contributed by atoms with Crippen molar-refractivity contribution in [3.05, 3.63) is 57.6 Å². The molecule has 0 unspecified atom stereocenters. The van der Waals surface area contributed by atoms with Gasteiger partial charge in [-0.15, -0.1) is 4.91 Å². The lowest BCUT2D eigenvalue weighted by Crippen LogP contribution is -2.08. The Balaban J connectivity index is 2.23. The van der Waals surface area contributed by atoms with Crippen molar-refractivity contribution in [1.29, 1.82) is 0 Å². The maximum Gasteiger partial charge on any atom is 0.316 e. The van der Waals surface area contributed by atoms with Gasteiger partial charge in [-0.3, -0.25) is 10.1 Å². The van der Waals surface area contributed by atoms with Gasteiger partial charge in [0.05, 0.1) is 6.54 Å². The molecule has 0 aromatic heterocycles. The van der Waals surface area contributed by atoms with E-state index < -0.39 is 5.91 Å². The van der Waals surface area contributed by atoms with Crippen molar-refractivity contribution in [2.75, 3.05) is 6.54 Å². The van der Waals surface area contributed by atoms with Crippen molar-refractivity contribution in [2.45, 2.75) is 19.4 Å². The van der Waals surface area contributed by atoms with Gasteiger partial charge >= 0.3 is 5.91 Å². The number of carbonyl (C=O) groups excluding carboxylic acids is 1. The van der Waals surface area contributed by atoms with Crippen molar-refractivity contribution in [1.82, 2.24) is 5.32 Å². The maximum atomic E-state index is 11.5. The Labute approximate surface area is 128 Å². The fraction of sp³-hybridized carbons (Fsp3) is 0.235. The molecular formula is C17H16N3O2. The number of nitroso groups, excluding NO2 is 1. The Morgan fingerprint density at radius 2 is 2.14 bits per heavy atom. The number of aryl methyl sites for hydroxylation is 1. The van der Waals surface area contributed by atoms with E-state index in [4.69, 9.17) is 5.73 Å². The standard InChI is InChI=1S/C17H16N3O2/c18-6-1-2-11-8-12-5-7-19-10-16(12)15-9-13(17(21)20-22)3-4-14(11)15/h3-5,7-9H,1-2,6,10,18H2. The van der Waals surface area contributed by atoms with Crippen molar-refractivity contribution >= 4 is 22.8 Å². The Morgan fingerprint density at radius 3 is 2.91 bits per heavy atom. The van der Waals surface area contributed by atoms with E-state index >= 15 is 0 Å². The van der Waals surface area contributed by atoms with Gasteiger partial charge in [0.2, 0.25) is 0 Å². The highest BCUT2D eigenvalue weighted by molar-refractivity contribution is 6.01. The summed E-state index contributed by atoms with van der Waals surface area (Å²) in [4.78, 5) is 22.0. The normalized spacial score (nSPS) is 12.8. The molecule has 1 radical (unpaired) electrons. The number of nitrogens with zero attached hydrogens (tertiary/aromatic N) is 2. The van der Waals surface area contributed by atoms with Gasteiger partial charge in [0.1, 0.15) is 0 Å². The second-order valence-corrected chi connectivity index (χ2v) is 5.31. The van der Waals surface area contributed by atoms with E-state index in [2.05, 4.69) is 16.6 Å². The first-order valence-electron chi connectivity index (χ1n) is 7.24. The van der Waals surface area contributed by atoms with Gasteiger partial charge in [-0.1, -0.05) is 12.1 Å². The molecule has 0 fully saturated rings. The van der Waals surface area contributed by atoms with Crippen molar-refractivity contribution in [3.63, 3.8) is 0 Å². The fourth-order valence-electron chi connectivity index (χ4n) is 2.87. The zero-order valence-electron chi connectivity index (χ0n) is 12.1. The van der Waals surface area contributed by atoms with Crippen LogP contribution in [0.5, 0.6) is 0 Å². The lowest BCUT2D eigenvalue weighted by Gasteiger charge is -2.17. The van der Waals surface area contributed by atoms with Crippen LogP contribution in [0.4, 0.5) is 0 Å². The molecule has 2 N–H and O–H groups in total. The van der Waals surface area contributed by atoms with Gasteiger partial charge in [-0.2, -0.15) is 0 Å². The third kappa shape index (κ3) is 2.51. The van der Waals surface area contributed by atoms with E-state index in [1.165, 1.54) is 5.56 Å². The topological polar surface area (TPSA) is 86.6 Å². The van der Waals surface area contributed by atoms with Gasteiger partial charge in [0.25, 0.3) is 0 Å². The summed E-state index contributed by atoms with van der Waals surface area (Å²) in [6.45, 7) is 1.21. The molecule has 0 bridgehead atoms. The van der Waals surface area contributed by atoms with Crippen LogP contribution >= 0.6 is 0 Å². The minimum atomic E-state index is -0.744. The van der Waals surface area contributed by atoms with Gasteiger partial charge < -0.3 is 5.73 Å². The van der Waals surface area contributed by atoms with Gasteiger partial charge in [0, 0.05) is 16.9 Å². The molecule has 0 aliphatic carbocycles. The average molecular weight is 294 g/mol. The zero-order chi connectivity index (χ0) is 15.5. The third-order valence-electron chi connectivity index (χ3n) is 3.96. The SMILES string of the molecule is NCCCc1cc2c(c3cc(C(=O)N=O)ccc13)C[N]C=C2. The number of fused-ring (bicyclic) bond motifs is 3. The van der Waals surface area contributed by atoms with Crippen LogP contribution in [0, 0.1) is 4.91 Å². The predicted octanol–water partition coefficient (Wildman–Crippen LogP) is 2.73. The fourth-order valence-corrected chi connectivity index (χ4v) is 2.87. The molecule has 1 aliphatic rings. The predicted molar refractivity (Wildman–Crippen MR) is 86.3 cm³/mol. The maximum absolute atomic E-state index is 11.5. The van der Waals surface area contributed by atoms with Crippen LogP contribution in [-0.4, -0.2) is 12.5 Å². The van der Waals surface area contributed by atoms with Crippen molar-refractivity contribution in [2.24, 2.45) is 10.9 Å². The highest BCUT2D eigenvalue weighted by Gasteiger charge is 2.15. The number of nitrogens with two attached hydrogens (primary N) is 1.